The maximum absolute atomic E-state index is 5.54. The zero-order valence-corrected chi connectivity index (χ0v) is 10.0. The number of hydrogen-bond acceptors (Lipinski definition) is 4. The third-order valence-corrected chi connectivity index (χ3v) is 2.69. The highest BCUT2D eigenvalue weighted by Crippen LogP contribution is 2.20. The summed E-state index contributed by atoms with van der Waals surface area (Å²) in [5.41, 5.74) is 8.05. The van der Waals surface area contributed by atoms with Gasteiger partial charge in [0.2, 0.25) is 5.95 Å². The van der Waals surface area contributed by atoms with E-state index < -0.39 is 0 Å². The Hall–Kier alpha value is -2.10. The molecular weight excluding hydrogens is 212 g/mol. The largest absolute Gasteiger partial charge is 0.368 e. The molecule has 0 saturated carbocycles. The lowest BCUT2D eigenvalue weighted by Crippen LogP contribution is -2.10. The zero-order valence-electron chi connectivity index (χ0n) is 10.0. The standard InChI is InChI=1S/C13H16N4/c1-9-5-3-4-6-11(9)10(2)16-12-7-8-15-13(14)17-12/h3-8,10H,1-2H3,(H3,14,15,16,17). The lowest BCUT2D eigenvalue weighted by Gasteiger charge is -2.16. The lowest BCUT2D eigenvalue weighted by molar-refractivity contribution is 0.863. The smallest absolute Gasteiger partial charge is 0.221 e. The van der Waals surface area contributed by atoms with Crippen LogP contribution in [0.2, 0.25) is 0 Å². The van der Waals surface area contributed by atoms with Crippen molar-refractivity contribution in [3.63, 3.8) is 0 Å². The molecule has 0 saturated heterocycles. The van der Waals surface area contributed by atoms with Gasteiger partial charge in [-0.25, -0.2) is 4.98 Å². The van der Waals surface area contributed by atoms with Crippen LogP contribution in [0.3, 0.4) is 0 Å². The Labute approximate surface area is 101 Å². The molecule has 1 aromatic heterocycles. The van der Waals surface area contributed by atoms with Crippen LogP contribution < -0.4 is 11.1 Å². The van der Waals surface area contributed by atoms with Crippen molar-refractivity contribution < 1.29 is 0 Å². The van der Waals surface area contributed by atoms with E-state index in [9.17, 15) is 0 Å². The van der Waals surface area contributed by atoms with Crippen molar-refractivity contribution in [2.75, 3.05) is 11.1 Å². The van der Waals surface area contributed by atoms with E-state index >= 15 is 0 Å². The van der Waals surface area contributed by atoms with E-state index in [0.717, 1.165) is 5.82 Å². The Bertz CT molecular complexity index is 510. The summed E-state index contributed by atoms with van der Waals surface area (Å²) in [6, 6.07) is 10.3. The molecule has 2 aromatic rings. The zero-order chi connectivity index (χ0) is 12.3. The minimum Gasteiger partial charge on any atom is -0.368 e. The first-order valence-electron chi connectivity index (χ1n) is 5.57. The molecule has 0 aliphatic carbocycles. The number of rotatable bonds is 3. The molecule has 0 aliphatic heterocycles. The Morgan fingerprint density at radius 2 is 2.00 bits per heavy atom. The van der Waals surface area contributed by atoms with Crippen molar-refractivity contribution in [2.45, 2.75) is 19.9 Å². The molecule has 17 heavy (non-hydrogen) atoms. The van der Waals surface area contributed by atoms with Crippen LogP contribution in [0.5, 0.6) is 0 Å². The molecule has 1 unspecified atom stereocenters. The fourth-order valence-corrected chi connectivity index (χ4v) is 1.83. The second-order valence-electron chi connectivity index (χ2n) is 4.02. The van der Waals surface area contributed by atoms with E-state index in [0.29, 0.717) is 0 Å². The highest BCUT2D eigenvalue weighted by atomic mass is 15.1. The van der Waals surface area contributed by atoms with Crippen LogP contribution in [0, 0.1) is 6.92 Å². The average molecular weight is 228 g/mol. The van der Waals surface area contributed by atoms with Crippen LogP contribution in [-0.4, -0.2) is 9.97 Å². The second kappa shape index (κ2) is 4.82. The quantitative estimate of drug-likeness (QED) is 0.847. The first-order chi connectivity index (χ1) is 8.16. The van der Waals surface area contributed by atoms with Crippen molar-refractivity contribution in [1.29, 1.82) is 0 Å². The fraction of sp³-hybridized carbons (Fsp3) is 0.231. The molecule has 0 fully saturated rings. The summed E-state index contributed by atoms with van der Waals surface area (Å²) in [5, 5.41) is 3.31. The molecule has 1 atom stereocenters. The number of hydrogen-bond donors (Lipinski definition) is 2. The molecule has 0 aliphatic rings. The maximum Gasteiger partial charge on any atom is 0.221 e. The molecule has 0 bridgehead atoms. The molecule has 1 aromatic carbocycles. The minimum absolute atomic E-state index is 0.186. The first kappa shape index (κ1) is 11.4. The average Bonchev–Trinajstić information content (AvgIpc) is 2.29. The maximum atomic E-state index is 5.54. The van der Waals surface area contributed by atoms with Crippen LogP contribution in [0.4, 0.5) is 11.8 Å². The van der Waals surface area contributed by atoms with Crippen LogP contribution in [0.15, 0.2) is 36.5 Å². The van der Waals surface area contributed by atoms with E-state index in [-0.39, 0.29) is 12.0 Å². The number of aromatic nitrogens is 2. The first-order valence-corrected chi connectivity index (χ1v) is 5.57. The van der Waals surface area contributed by atoms with E-state index in [2.05, 4.69) is 41.3 Å². The molecule has 4 nitrogen and oxygen atoms in total. The topological polar surface area (TPSA) is 63.8 Å². The van der Waals surface area contributed by atoms with Gasteiger partial charge in [-0.2, -0.15) is 4.98 Å². The summed E-state index contributed by atoms with van der Waals surface area (Å²) < 4.78 is 0. The molecule has 0 spiro atoms. The fourth-order valence-electron chi connectivity index (χ4n) is 1.83. The van der Waals surface area contributed by atoms with Crippen molar-refractivity contribution in [2.24, 2.45) is 0 Å². The highest BCUT2D eigenvalue weighted by Gasteiger charge is 2.08. The van der Waals surface area contributed by atoms with Gasteiger partial charge < -0.3 is 11.1 Å². The number of aryl methyl sites for hydroxylation is 1. The van der Waals surface area contributed by atoms with Gasteiger partial charge in [0.05, 0.1) is 6.04 Å². The van der Waals surface area contributed by atoms with Crippen LogP contribution in [-0.2, 0) is 0 Å². The number of benzene rings is 1. The summed E-state index contributed by atoms with van der Waals surface area (Å²) >= 11 is 0. The molecule has 88 valence electrons. The third kappa shape index (κ3) is 2.72. The van der Waals surface area contributed by atoms with Gasteiger partial charge in [-0.15, -0.1) is 0 Å². The molecule has 3 N–H and O–H groups in total. The molecule has 1 heterocycles. The minimum atomic E-state index is 0.186. The predicted molar refractivity (Wildman–Crippen MR) is 69.7 cm³/mol. The van der Waals surface area contributed by atoms with Gasteiger partial charge in [-0.05, 0) is 31.0 Å². The van der Waals surface area contributed by atoms with Crippen molar-refractivity contribution in [3.8, 4) is 0 Å². The van der Waals surface area contributed by atoms with Crippen molar-refractivity contribution >= 4 is 11.8 Å². The Morgan fingerprint density at radius 1 is 1.24 bits per heavy atom. The van der Waals surface area contributed by atoms with Crippen LogP contribution in [0.1, 0.15) is 24.1 Å². The van der Waals surface area contributed by atoms with Gasteiger partial charge in [0.15, 0.2) is 0 Å². The van der Waals surface area contributed by atoms with Gasteiger partial charge >= 0.3 is 0 Å². The van der Waals surface area contributed by atoms with Crippen molar-refractivity contribution in [1.82, 2.24) is 9.97 Å². The number of nitrogens with zero attached hydrogens (tertiary/aromatic N) is 2. The van der Waals surface area contributed by atoms with Crippen molar-refractivity contribution in [3.05, 3.63) is 47.7 Å². The summed E-state index contributed by atoms with van der Waals surface area (Å²) in [6.07, 6.45) is 1.65. The van der Waals surface area contributed by atoms with Gasteiger partial charge in [-0.3, -0.25) is 0 Å². The van der Waals surface area contributed by atoms with Gasteiger partial charge in [0.25, 0.3) is 0 Å². The monoisotopic (exact) mass is 228 g/mol. The van der Waals surface area contributed by atoms with Gasteiger partial charge in [0, 0.05) is 6.20 Å². The van der Waals surface area contributed by atoms with E-state index in [1.54, 1.807) is 6.20 Å². The van der Waals surface area contributed by atoms with E-state index in [1.165, 1.54) is 11.1 Å². The van der Waals surface area contributed by atoms with E-state index in [1.807, 2.05) is 18.2 Å². The Balaban J connectivity index is 2.17. The number of nitrogens with one attached hydrogen (secondary N) is 1. The Kier molecular flexibility index (Phi) is 3.23. The SMILES string of the molecule is Cc1ccccc1C(C)Nc1ccnc(N)n1. The van der Waals surface area contributed by atoms with Gasteiger partial charge in [0.1, 0.15) is 5.82 Å². The lowest BCUT2D eigenvalue weighted by atomic mass is 10.0. The van der Waals surface area contributed by atoms with Crippen LogP contribution >= 0.6 is 0 Å². The summed E-state index contributed by atoms with van der Waals surface area (Å²) in [5.74, 6) is 1.03. The summed E-state index contributed by atoms with van der Waals surface area (Å²) in [4.78, 5) is 7.99. The Morgan fingerprint density at radius 3 is 2.71 bits per heavy atom. The van der Waals surface area contributed by atoms with Crippen LogP contribution in [0.25, 0.3) is 0 Å². The number of anilines is 2. The predicted octanol–water partition coefficient (Wildman–Crippen LogP) is 2.54. The van der Waals surface area contributed by atoms with Gasteiger partial charge in [-0.1, -0.05) is 24.3 Å². The number of nitrogen functional groups attached to an aromatic ring is 1. The molecule has 0 radical (unpaired) electrons. The highest BCUT2D eigenvalue weighted by molar-refractivity contribution is 5.41. The molecule has 0 amide bonds. The second-order valence-corrected chi connectivity index (χ2v) is 4.02. The third-order valence-electron chi connectivity index (χ3n) is 2.69. The summed E-state index contributed by atoms with van der Waals surface area (Å²) in [7, 11) is 0. The molecular formula is C13H16N4. The normalized spacial score (nSPS) is 12.1. The molecule has 2 rings (SSSR count). The summed E-state index contributed by atoms with van der Waals surface area (Å²) in [6.45, 7) is 4.20. The van der Waals surface area contributed by atoms with E-state index in [4.69, 9.17) is 5.73 Å². The molecule has 4 heteroatoms. The number of nitrogens with two attached hydrogens (primary N) is 1.